The van der Waals surface area contributed by atoms with Crippen LogP contribution in [0.3, 0.4) is 0 Å². The van der Waals surface area contributed by atoms with Crippen LogP contribution in [0.4, 0.5) is 0 Å². The molecule has 0 amide bonds. The Labute approximate surface area is 74.1 Å². The predicted molar refractivity (Wildman–Crippen MR) is 32.0 cm³/mol. The van der Waals surface area contributed by atoms with Gasteiger partial charge >= 0.3 is 11.9 Å². The van der Waals surface area contributed by atoms with Crippen LogP contribution in [0, 0.1) is 0 Å². The molecule has 0 saturated carbocycles. The van der Waals surface area contributed by atoms with Gasteiger partial charge < -0.3 is 4.74 Å². The predicted octanol–water partition coefficient (Wildman–Crippen LogP) is -0.171. The number of carbonyl (C=O) groups is 3. The zero-order valence-electron chi connectivity index (χ0n) is 5.72. The molecule has 1 radical (unpaired) electrons. The number of Topliss-reactive ketones (excluding diaryl/α,β-unsaturated/α-hetero) is 1. The maximum Gasteiger partial charge on any atom is 0.382 e. The van der Waals surface area contributed by atoms with Gasteiger partial charge in [-0.05, 0) is 0 Å². The molecule has 65 valence electrons. The first kappa shape index (κ1) is 12.7. The summed E-state index contributed by atoms with van der Waals surface area (Å²) in [5.41, 5.74) is 0. The molecule has 11 heavy (non-hydrogen) atoms. The smallest absolute Gasteiger partial charge is 0.382 e. The first-order chi connectivity index (χ1) is 4.57. The molecule has 0 heterocycles. The molecule has 5 heteroatoms. The van der Waals surface area contributed by atoms with E-state index in [1.165, 1.54) is 0 Å². The number of carbonyl (C=O) groups excluding carboxylic acids is 3. The van der Waals surface area contributed by atoms with Gasteiger partial charge in [-0.15, -0.1) is 0 Å². The molecule has 0 aliphatic heterocycles. The van der Waals surface area contributed by atoms with Crippen molar-refractivity contribution in [1.82, 2.24) is 0 Å². The Morgan fingerprint density at radius 2 is 1.82 bits per heavy atom. The van der Waals surface area contributed by atoms with Crippen molar-refractivity contribution in [2.45, 2.75) is 6.92 Å². The van der Waals surface area contributed by atoms with Crippen molar-refractivity contribution in [2.24, 2.45) is 0 Å². The quantitative estimate of drug-likeness (QED) is 0.207. The van der Waals surface area contributed by atoms with E-state index >= 15 is 0 Å². The van der Waals surface area contributed by atoms with Gasteiger partial charge in [0.15, 0.2) is 0 Å². The van der Waals surface area contributed by atoms with Gasteiger partial charge in [-0.1, -0.05) is 6.58 Å². The minimum Gasteiger partial charge on any atom is -0.384 e. The summed E-state index contributed by atoms with van der Waals surface area (Å²) in [6, 6.07) is 0. The summed E-state index contributed by atoms with van der Waals surface area (Å²) in [6.07, 6.45) is 0.806. The van der Waals surface area contributed by atoms with Crippen molar-refractivity contribution in [3.63, 3.8) is 0 Å². The van der Waals surface area contributed by atoms with Crippen LogP contribution in [0.15, 0.2) is 12.7 Å². The van der Waals surface area contributed by atoms with Crippen LogP contribution in [-0.2, 0) is 36.2 Å². The Bertz CT molecular complexity index is 197. The first-order valence-electron chi connectivity index (χ1n) is 2.47. The fraction of sp³-hybridized carbons (Fsp3) is 0.167. The molecule has 0 aliphatic carbocycles. The average Bonchev–Trinajstić information content (AvgIpc) is 1.87. The van der Waals surface area contributed by atoms with Gasteiger partial charge in [0.1, 0.15) is 0 Å². The SMILES string of the molecule is C=CC(=O)OC(=O)C(C)=O.[Cu]. The fourth-order valence-electron chi connectivity index (χ4n) is 0.205. The molecule has 0 atom stereocenters. The van der Waals surface area contributed by atoms with Crippen molar-refractivity contribution >= 4 is 17.7 Å². The van der Waals surface area contributed by atoms with E-state index in [1.54, 1.807) is 0 Å². The van der Waals surface area contributed by atoms with Crippen LogP contribution in [0.2, 0.25) is 0 Å². The molecule has 0 aromatic heterocycles. The maximum absolute atomic E-state index is 10.3. The van der Waals surface area contributed by atoms with Gasteiger partial charge in [-0.25, -0.2) is 9.59 Å². The summed E-state index contributed by atoms with van der Waals surface area (Å²) in [6.45, 7) is 4.05. The van der Waals surface area contributed by atoms with E-state index in [4.69, 9.17) is 0 Å². The zero-order valence-corrected chi connectivity index (χ0v) is 6.66. The number of hydrogen-bond acceptors (Lipinski definition) is 4. The molecule has 0 aromatic rings. The molecule has 0 bridgehead atoms. The molecular formula is C6H6CuO4. The summed E-state index contributed by atoms with van der Waals surface area (Å²) < 4.78 is 3.92. The Balaban J connectivity index is 0. The molecule has 0 aromatic carbocycles. The molecule has 0 fully saturated rings. The molecule has 0 rings (SSSR count). The fourth-order valence-corrected chi connectivity index (χ4v) is 0.205. The number of rotatable bonds is 2. The molecule has 0 unspecified atom stereocenters. The number of ketones is 1. The van der Waals surface area contributed by atoms with E-state index in [0.717, 1.165) is 13.0 Å². The van der Waals surface area contributed by atoms with E-state index in [9.17, 15) is 14.4 Å². The third-order valence-electron chi connectivity index (χ3n) is 0.647. The first-order valence-corrected chi connectivity index (χ1v) is 2.47. The van der Waals surface area contributed by atoms with Crippen LogP contribution >= 0.6 is 0 Å². The standard InChI is InChI=1S/C6H6O4.Cu/c1-3-5(8)10-6(9)4(2)7;/h3H,1H2,2H3;. The molecule has 0 spiro atoms. The topological polar surface area (TPSA) is 60.4 Å². The van der Waals surface area contributed by atoms with E-state index < -0.39 is 17.7 Å². The van der Waals surface area contributed by atoms with E-state index in [1.807, 2.05) is 0 Å². The van der Waals surface area contributed by atoms with Gasteiger partial charge in [0.25, 0.3) is 0 Å². The normalized spacial score (nSPS) is 7.36. The maximum atomic E-state index is 10.3. The Kier molecular flexibility index (Phi) is 6.74. The third-order valence-corrected chi connectivity index (χ3v) is 0.647. The zero-order chi connectivity index (χ0) is 8.15. The van der Waals surface area contributed by atoms with Gasteiger partial charge in [0, 0.05) is 30.1 Å². The van der Waals surface area contributed by atoms with Crippen molar-refractivity contribution in [1.29, 1.82) is 0 Å². The van der Waals surface area contributed by atoms with Crippen molar-refractivity contribution in [3.05, 3.63) is 12.7 Å². The summed E-state index contributed by atoms with van der Waals surface area (Å²) in [4.78, 5) is 30.6. The number of esters is 2. The molecule has 0 aliphatic rings. The van der Waals surface area contributed by atoms with Crippen LogP contribution in [0.5, 0.6) is 0 Å². The van der Waals surface area contributed by atoms with Gasteiger partial charge in [-0.2, -0.15) is 0 Å². The Hall–Kier alpha value is -0.931. The van der Waals surface area contributed by atoms with E-state index in [0.29, 0.717) is 0 Å². The van der Waals surface area contributed by atoms with Crippen molar-refractivity contribution in [3.8, 4) is 0 Å². The Morgan fingerprint density at radius 1 is 1.36 bits per heavy atom. The summed E-state index contributed by atoms with van der Waals surface area (Å²) >= 11 is 0. The Morgan fingerprint density at radius 3 is 2.09 bits per heavy atom. The van der Waals surface area contributed by atoms with Crippen LogP contribution < -0.4 is 0 Å². The van der Waals surface area contributed by atoms with Crippen LogP contribution in [-0.4, -0.2) is 17.7 Å². The van der Waals surface area contributed by atoms with E-state index in [-0.39, 0.29) is 17.1 Å². The van der Waals surface area contributed by atoms with Crippen LogP contribution in [0.1, 0.15) is 6.92 Å². The van der Waals surface area contributed by atoms with E-state index in [2.05, 4.69) is 11.3 Å². The summed E-state index contributed by atoms with van der Waals surface area (Å²) in [5, 5.41) is 0. The second-order valence-electron chi connectivity index (χ2n) is 1.47. The summed E-state index contributed by atoms with van der Waals surface area (Å²) in [5.74, 6) is -2.89. The van der Waals surface area contributed by atoms with Gasteiger partial charge in [0.2, 0.25) is 5.78 Å². The second-order valence-corrected chi connectivity index (χ2v) is 1.47. The molecule has 4 nitrogen and oxygen atoms in total. The average molecular weight is 206 g/mol. The second kappa shape index (κ2) is 5.82. The van der Waals surface area contributed by atoms with Crippen molar-refractivity contribution in [2.75, 3.05) is 0 Å². The minimum absolute atomic E-state index is 0. The number of hydrogen-bond donors (Lipinski definition) is 0. The van der Waals surface area contributed by atoms with Crippen molar-refractivity contribution < 1.29 is 36.2 Å². The van der Waals surface area contributed by atoms with Gasteiger partial charge in [-0.3, -0.25) is 4.79 Å². The largest absolute Gasteiger partial charge is 0.384 e. The minimum atomic E-state index is -1.16. The summed E-state index contributed by atoms with van der Waals surface area (Å²) in [7, 11) is 0. The third kappa shape index (κ3) is 5.51. The monoisotopic (exact) mass is 205 g/mol. The molecular weight excluding hydrogens is 200 g/mol. The van der Waals surface area contributed by atoms with Crippen LogP contribution in [0.25, 0.3) is 0 Å². The molecule has 0 N–H and O–H groups in total. The molecule has 0 saturated heterocycles. The number of ether oxygens (including phenoxy) is 1. The van der Waals surface area contributed by atoms with Gasteiger partial charge in [0.05, 0.1) is 0 Å².